The zero-order valence-corrected chi connectivity index (χ0v) is 16.3. The van der Waals surface area contributed by atoms with Gasteiger partial charge in [0.25, 0.3) is 0 Å². The fourth-order valence-electron chi connectivity index (χ4n) is 3.32. The van der Waals surface area contributed by atoms with Crippen LogP contribution in [-0.2, 0) is 5.60 Å². The first kappa shape index (κ1) is 19.5. The lowest BCUT2D eigenvalue weighted by molar-refractivity contribution is 0.0694. The van der Waals surface area contributed by atoms with Crippen molar-refractivity contribution in [2.24, 2.45) is 0 Å². The molecule has 1 fully saturated rings. The number of imidazole rings is 1. The zero-order chi connectivity index (χ0) is 20.8. The van der Waals surface area contributed by atoms with Crippen molar-refractivity contribution in [1.29, 1.82) is 0 Å². The number of hydrogen-bond acceptors (Lipinski definition) is 7. The van der Waals surface area contributed by atoms with Gasteiger partial charge in [0.15, 0.2) is 11.5 Å². The van der Waals surface area contributed by atoms with Gasteiger partial charge >= 0.3 is 0 Å². The van der Waals surface area contributed by atoms with E-state index in [1.165, 1.54) is 30.0 Å². The number of fused-ring (bicyclic) bond motifs is 1. The molecule has 1 aliphatic rings. The second kappa shape index (κ2) is 7.20. The van der Waals surface area contributed by atoms with Crippen molar-refractivity contribution in [3.05, 3.63) is 35.9 Å². The molecule has 0 saturated carbocycles. The Morgan fingerprint density at radius 2 is 2.14 bits per heavy atom. The van der Waals surface area contributed by atoms with Gasteiger partial charge in [0.05, 0.1) is 19.3 Å². The number of anilines is 1. The van der Waals surface area contributed by atoms with Crippen molar-refractivity contribution in [1.82, 2.24) is 24.9 Å². The molecule has 3 aromatic heterocycles. The Balaban J connectivity index is 1.79. The Labute approximate surface area is 165 Å². The average molecular weight is 404 g/mol. The molecule has 29 heavy (non-hydrogen) atoms. The number of methoxy groups -OCH3 is 1. The summed E-state index contributed by atoms with van der Waals surface area (Å²) in [5.41, 5.74) is -0.284. The minimum Gasteiger partial charge on any atom is -0.495 e. The maximum absolute atomic E-state index is 14.6. The Morgan fingerprint density at radius 1 is 1.34 bits per heavy atom. The molecule has 0 unspecified atom stereocenters. The molecule has 0 bridgehead atoms. The monoisotopic (exact) mass is 404 g/mol. The molecule has 4 rings (SSSR count). The maximum atomic E-state index is 14.6. The molecule has 0 radical (unpaired) electrons. The molecule has 2 atom stereocenters. The van der Waals surface area contributed by atoms with Crippen molar-refractivity contribution in [3.8, 4) is 17.1 Å². The van der Waals surface area contributed by atoms with Crippen LogP contribution >= 0.6 is 0 Å². The van der Waals surface area contributed by atoms with E-state index in [-0.39, 0.29) is 17.9 Å². The molecule has 0 aliphatic carbocycles. The first-order chi connectivity index (χ1) is 13.8. The maximum Gasteiger partial charge on any atom is 0.157 e. The van der Waals surface area contributed by atoms with E-state index in [0.717, 1.165) is 0 Å². The van der Waals surface area contributed by atoms with Crippen LogP contribution in [0, 0.1) is 5.82 Å². The number of alkyl halides is 1. The van der Waals surface area contributed by atoms with Crippen LogP contribution in [0.5, 0.6) is 5.75 Å². The van der Waals surface area contributed by atoms with Crippen molar-refractivity contribution in [2.45, 2.75) is 31.7 Å². The summed E-state index contributed by atoms with van der Waals surface area (Å²) in [6, 6.07) is 3.90. The minimum atomic E-state index is -1.29. The van der Waals surface area contributed by atoms with Crippen LogP contribution in [0.2, 0.25) is 0 Å². The summed E-state index contributed by atoms with van der Waals surface area (Å²) in [5, 5.41) is 20.8. The van der Waals surface area contributed by atoms with Gasteiger partial charge in [-0.3, -0.25) is 0 Å². The molecule has 3 N–H and O–H groups in total. The van der Waals surface area contributed by atoms with Crippen LogP contribution < -0.4 is 15.4 Å². The summed E-state index contributed by atoms with van der Waals surface area (Å²) >= 11 is 0. The topological polar surface area (TPSA) is 96.6 Å². The number of hydrogen-bond donors (Lipinski definition) is 3. The van der Waals surface area contributed by atoms with E-state index in [0.29, 0.717) is 29.5 Å². The summed E-state index contributed by atoms with van der Waals surface area (Å²) < 4.78 is 35.2. The number of nitrogens with zero attached hydrogens (tertiary/aromatic N) is 4. The van der Waals surface area contributed by atoms with E-state index >= 15 is 0 Å². The molecule has 0 spiro atoms. The van der Waals surface area contributed by atoms with Gasteiger partial charge in [-0.15, -0.1) is 0 Å². The van der Waals surface area contributed by atoms with Crippen molar-refractivity contribution < 1.29 is 18.6 Å². The highest BCUT2D eigenvalue weighted by Crippen LogP contribution is 2.31. The molecule has 3 aromatic rings. The second-order valence-electron chi connectivity index (χ2n) is 7.49. The number of rotatable bonds is 5. The molecular weight excluding hydrogens is 382 g/mol. The minimum absolute atomic E-state index is 0.0169. The smallest absolute Gasteiger partial charge is 0.157 e. The van der Waals surface area contributed by atoms with Crippen molar-refractivity contribution >= 4 is 11.5 Å². The number of halogens is 2. The number of nitrogens with one attached hydrogen (secondary N) is 2. The first-order valence-corrected chi connectivity index (χ1v) is 9.22. The Kier molecular flexibility index (Phi) is 4.83. The van der Waals surface area contributed by atoms with Crippen LogP contribution in [0.25, 0.3) is 17.0 Å². The summed E-state index contributed by atoms with van der Waals surface area (Å²) in [6.07, 6.45) is 0.393. The predicted molar refractivity (Wildman–Crippen MR) is 103 cm³/mol. The van der Waals surface area contributed by atoms with Gasteiger partial charge in [0.2, 0.25) is 0 Å². The normalized spacial score (nSPS) is 19.7. The SMILES string of the molecule is COc1cc2ncc(-c3nc(N[C@H]4CNC[C@@H]4F)ccc3F)n2nc1C(C)(C)O. The van der Waals surface area contributed by atoms with Gasteiger partial charge in [0, 0.05) is 19.2 Å². The molecule has 8 nitrogen and oxygen atoms in total. The standard InChI is InChI=1S/C19H22F2N6O2/c1-19(2,28)18-14(29-3)6-16-23-9-13(27(16)26-18)17-10(20)4-5-15(25-17)24-12-8-22-7-11(12)21/h4-6,9,11-12,22,28H,7-8H2,1-3H3,(H,24,25)/t11-,12-/m0/s1. The molecule has 1 aliphatic heterocycles. The predicted octanol–water partition coefficient (Wildman–Crippen LogP) is 1.89. The highest BCUT2D eigenvalue weighted by atomic mass is 19.1. The summed E-state index contributed by atoms with van der Waals surface area (Å²) in [4.78, 5) is 8.58. The van der Waals surface area contributed by atoms with Gasteiger partial charge in [-0.05, 0) is 26.0 Å². The molecule has 154 valence electrons. The zero-order valence-electron chi connectivity index (χ0n) is 16.3. The van der Waals surface area contributed by atoms with E-state index < -0.39 is 23.6 Å². The fraction of sp³-hybridized carbons (Fsp3) is 0.421. The lowest BCUT2D eigenvalue weighted by Crippen LogP contribution is -2.29. The van der Waals surface area contributed by atoms with E-state index in [9.17, 15) is 13.9 Å². The lowest BCUT2D eigenvalue weighted by atomic mass is 10.0. The van der Waals surface area contributed by atoms with Crippen LogP contribution in [0.3, 0.4) is 0 Å². The van der Waals surface area contributed by atoms with Gasteiger partial charge < -0.3 is 20.5 Å². The first-order valence-electron chi connectivity index (χ1n) is 9.22. The van der Waals surface area contributed by atoms with Gasteiger partial charge in [-0.2, -0.15) is 5.10 Å². The van der Waals surface area contributed by atoms with Crippen LogP contribution in [0.1, 0.15) is 19.5 Å². The van der Waals surface area contributed by atoms with Crippen LogP contribution in [-0.4, -0.2) is 57.1 Å². The Morgan fingerprint density at radius 3 is 2.79 bits per heavy atom. The van der Waals surface area contributed by atoms with Gasteiger partial charge in [-0.1, -0.05) is 0 Å². The molecular formula is C19H22F2N6O2. The largest absolute Gasteiger partial charge is 0.495 e. The van der Waals surface area contributed by atoms with E-state index in [1.54, 1.807) is 19.9 Å². The Hall–Kier alpha value is -2.85. The average Bonchev–Trinajstić information content (AvgIpc) is 3.27. The lowest BCUT2D eigenvalue weighted by Gasteiger charge is -2.19. The third kappa shape index (κ3) is 3.60. The van der Waals surface area contributed by atoms with Crippen molar-refractivity contribution in [2.75, 3.05) is 25.5 Å². The third-order valence-electron chi connectivity index (χ3n) is 4.82. The summed E-state index contributed by atoms with van der Waals surface area (Å²) in [5.74, 6) is 0.152. The fourth-order valence-corrected chi connectivity index (χ4v) is 3.32. The highest BCUT2D eigenvalue weighted by molar-refractivity contribution is 5.63. The number of ether oxygens (including phenoxy) is 1. The van der Waals surface area contributed by atoms with Gasteiger partial charge in [0.1, 0.15) is 40.4 Å². The summed E-state index contributed by atoms with van der Waals surface area (Å²) in [6.45, 7) is 3.88. The van der Waals surface area contributed by atoms with Gasteiger partial charge in [-0.25, -0.2) is 23.3 Å². The van der Waals surface area contributed by atoms with E-state index in [4.69, 9.17) is 4.74 Å². The number of pyridine rings is 1. The third-order valence-corrected chi connectivity index (χ3v) is 4.82. The highest BCUT2D eigenvalue weighted by Gasteiger charge is 2.28. The Bertz CT molecular complexity index is 1050. The molecule has 10 heteroatoms. The summed E-state index contributed by atoms with van der Waals surface area (Å²) in [7, 11) is 1.47. The van der Waals surface area contributed by atoms with E-state index in [2.05, 4.69) is 25.7 Å². The number of aromatic nitrogens is 4. The van der Waals surface area contributed by atoms with Crippen molar-refractivity contribution in [3.63, 3.8) is 0 Å². The quantitative estimate of drug-likeness (QED) is 0.598. The molecule has 0 amide bonds. The van der Waals surface area contributed by atoms with Crippen LogP contribution in [0.15, 0.2) is 24.4 Å². The number of aliphatic hydroxyl groups is 1. The molecule has 4 heterocycles. The molecule has 0 aromatic carbocycles. The van der Waals surface area contributed by atoms with Crippen LogP contribution in [0.4, 0.5) is 14.6 Å². The molecule has 1 saturated heterocycles. The second-order valence-corrected chi connectivity index (χ2v) is 7.49. The van der Waals surface area contributed by atoms with E-state index in [1.807, 2.05) is 0 Å².